The summed E-state index contributed by atoms with van der Waals surface area (Å²) in [7, 11) is 7.26. The largest absolute Gasteiger partial charge is 0.493 e. The highest BCUT2D eigenvalue weighted by molar-refractivity contribution is 5.78. The Hall–Kier alpha value is -1.75. The third kappa shape index (κ3) is 5.13. The van der Waals surface area contributed by atoms with Crippen molar-refractivity contribution in [1.82, 2.24) is 10.2 Å². The molecule has 0 aliphatic rings. The van der Waals surface area contributed by atoms with Gasteiger partial charge in [-0.05, 0) is 44.6 Å². The zero-order chi connectivity index (χ0) is 17.4. The van der Waals surface area contributed by atoms with Crippen LogP contribution in [0.4, 0.5) is 0 Å². The maximum absolute atomic E-state index is 12.2. The number of rotatable bonds is 9. The lowest BCUT2D eigenvalue weighted by molar-refractivity contribution is -0.125. The fraction of sp³-hybridized carbons (Fsp3) is 0.611. The smallest absolute Gasteiger partial charge is 0.223 e. The Labute approximate surface area is 140 Å². The molecule has 0 aliphatic heterocycles. The van der Waals surface area contributed by atoms with Crippen molar-refractivity contribution in [2.45, 2.75) is 32.7 Å². The van der Waals surface area contributed by atoms with E-state index in [-0.39, 0.29) is 17.9 Å². The first kappa shape index (κ1) is 19.3. The lowest BCUT2D eigenvalue weighted by Crippen LogP contribution is -2.37. The van der Waals surface area contributed by atoms with E-state index in [1.165, 1.54) is 0 Å². The van der Waals surface area contributed by atoms with E-state index in [0.29, 0.717) is 18.0 Å². The van der Waals surface area contributed by atoms with Crippen LogP contribution in [-0.2, 0) is 4.79 Å². The van der Waals surface area contributed by atoms with Crippen LogP contribution >= 0.6 is 0 Å². The Morgan fingerprint density at radius 1 is 1.13 bits per heavy atom. The Morgan fingerprint density at radius 3 is 2.22 bits per heavy atom. The van der Waals surface area contributed by atoms with Crippen LogP contribution in [0.1, 0.15) is 38.3 Å². The van der Waals surface area contributed by atoms with Gasteiger partial charge in [-0.1, -0.05) is 19.9 Å². The molecule has 0 radical (unpaired) electrons. The molecule has 1 rings (SSSR count). The summed E-state index contributed by atoms with van der Waals surface area (Å²) in [6, 6.07) is 5.95. The van der Waals surface area contributed by atoms with E-state index in [1.54, 1.807) is 14.2 Å². The zero-order valence-electron chi connectivity index (χ0n) is 15.2. The average Bonchev–Trinajstić information content (AvgIpc) is 2.55. The number of carbonyl (C=O) groups excluding carboxylic acids is 1. The van der Waals surface area contributed by atoms with Crippen molar-refractivity contribution in [1.29, 1.82) is 0 Å². The molecular formula is C18H30N2O3. The molecule has 1 atom stereocenters. The van der Waals surface area contributed by atoms with Gasteiger partial charge < -0.3 is 19.7 Å². The predicted octanol–water partition coefficient (Wildman–Crippen LogP) is 2.86. The normalized spacial score (nSPS) is 12.3. The van der Waals surface area contributed by atoms with Gasteiger partial charge in [-0.25, -0.2) is 0 Å². The first-order chi connectivity index (χ1) is 11.0. The molecule has 5 nitrogen and oxygen atoms in total. The Bertz CT molecular complexity index is 499. The molecule has 0 aromatic heterocycles. The molecule has 1 amide bonds. The van der Waals surface area contributed by atoms with Gasteiger partial charge in [0.2, 0.25) is 5.91 Å². The van der Waals surface area contributed by atoms with Crippen LogP contribution < -0.4 is 14.8 Å². The van der Waals surface area contributed by atoms with E-state index < -0.39 is 0 Å². The monoisotopic (exact) mass is 322 g/mol. The van der Waals surface area contributed by atoms with Gasteiger partial charge >= 0.3 is 0 Å². The van der Waals surface area contributed by atoms with Gasteiger partial charge in [-0.15, -0.1) is 0 Å². The molecule has 0 heterocycles. The van der Waals surface area contributed by atoms with Crippen molar-refractivity contribution in [3.63, 3.8) is 0 Å². The highest BCUT2D eigenvalue weighted by Gasteiger charge is 2.20. The zero-order valence-corrected chi connectivity index (χ0v) is 15.2. The fourth-order valence-electron chi connectivity index (χ4n) is 2.66. The van der Waals surface area contributed by atoms with Gasteiger partial charge in [-0.2, -0.15) is 0 Å². The molecule has 23 heavy (non-hydrogen) atoms. The maximum Gasteiger partial charge on any atom is 0.223 e. The van der Waals surface area contributed by atoms with E-state index in [0.717, 1.165) is 18.4 Å². The minimum absolute atomic E-state index is 0.0770. The molecule has 5 heteroatoms. The molecule has 1 aromatic carbocycles. The van der Waals surface area contributed by atoms with Crippen molar-refractivity contribution in [2.75, 3.05) is 34.9 Å². The Kier molecular flexibility index (Phi) is 7.89. The molecule has 1 N–H and O–H groups in total. The number of nitrogens with one attached hydrogen (secondary N) is 1. The predicted molar refractivity (Wildman–Crippen MR) is 93.1 cm³/mol. The van der Waals surface area contributed by atoms with Gasteiger partial charge in [0.25, 0.3) is 0 Å². The van der Waals surface area contributed by atoms with Crippen molar-refractivity contribution < 1.29 is 14.3 Å². The Morgan fingerprint density at radius 2 is 1.74 bits per heavy atom. The average molecular weight is 322 g/mol. The second-order valence-corrected chi connectivity index (χ2v) is 5.85. The number of hydrogen-bond acceptors (Lipinski definition) is 4. The van der Waals surface area contributed by atoms with Crippen LogP contribution in [0.2, 0.25) is 0 Å². The summed E-state index contributed by atoms with van der Waals surface area (Å²) in [5.74, 6) is 1.61. The number of hydrogen-bond donors (Lipinski definition) is 1. The molecule has 0 saturated carbocycles. The quantitative estimate of drug-likeness (QED) is 0.759. The standard InChI is InChI=1S/C18H30N2O3/c1-7-13(8-2)18(21)19-12-15(20(3)4)14-9-10-16(22-5)17(11-14)23-6/h9-11,13,15H,7-8,12H2,1-6H3,(H,19,21). The summed E-state index contributed by atoms with van der Waals surface area (Å²) < 4.78 is 10.7. The lowest BCUT2D eigenvalue weighted by Gasteiger charge is -2.26. The molecule has 130 valence electrons. The topological polar surface area (TPSA) is 50.8 Å². The highest BCUT2D eigenvalue weighted by Crippen LogP contribution is 2.31. The van der Waals surface area contributed by atoms with E-state index >= 15 is 0 Å². The Balaban J connectivity index is 2.89. The van der Waals surface area contributed by atoms with Gasteiger partial charge in [0, 0.05) is 12.5 Å². The van der Waals surface area contributed by atoms with Gasteiger partial charge in [0.15, 0.2) is 11.5 Å². The fourth-order valence-corrected chi connectivity index (χ4v) is 2.66. The van der Waals surface area contributed by atoms with Crippen molar-refractivity contribution in [3.05, 3.63) is 23.8 Å². The molecule has 1 aromatic rings. The second-order valence-electron chi connectivity index (χ2n) is 5.85. The number of carbonyl (C=O) groups is 1. The van der Waals surface area contributed by atoms with E-state index in [9.17, 15) is 4.79 Å². The molecule has 0 aliphatic carbocycles. The van der Waals surface area contributed by atoms with E-state index in [1.807, 2.05) is 46.1 Å². The molecule has 0 spiro atoms. The van der Waals surface area contributed by atoms with E-state index in [2.05, 4.69) is 10.2 Å². The summed E-state index contributed by atoms with van der Waals surface area (Å²) in [5, 5.41) is 3.08. The molecule has 0 saturated heterocycles. The van der Waals surface area contributed by atoms with Crippen LogP contribution in [-0.4, -0.2) is 45.7 Å². The SMILES string of the molecule is CCC(CC)C(=O)NCC(c1ccc(OC)c(OC)c1)N(C)C. The number of ether oxygens (including phenoxy) is 2. The van der Waals surface area contributed by atoms with Gasteiger partial charge in [0.1, 0.15) is 0 Å². The maximum atomic E-state index is 12.2. The van der Waals surface area contributed by atoms with Crippen LogP contribution in [0.15, 0.2) is 18.2 Å². The molecular weight excluding hydrogens is 292 g/mol. The van der Waals surface area contributed by atoms with Crippen LogP contribution in [0, 0.1) is 5.92 Å². The third-order valence-corrected chi connectivity index (χ3v) is 4.24. The van der Waals surface area contributed by atoms with Crippen molar-refractivity contribution >= 4 is 5.91 Å². The lowest BCUT2D eigenvalue weighted by atomic mass is 10.0. The summed E-state index contributed by atoms with van der Waals surface area (Å²) in [6.45, 7) is 4.66. The summed E-state index contributed by atoms with van der Waals surface area (Å²) in [4.78, 5) is 14.3. The minimum atomic E-state index is 0.0770. The third-order valence-electron chi connectivity index (χ3n) is 4.24. The van der Waals surface area contributed by atoms with E-state index in [4.69, 9.17) is 9.47 Å². The molecule has 0 bridgehead atoms. The highest BCUT2D eigenvalue weighted by atomic mass is 16.5. The molecule has 0 fully saturated rings. The number of likely N-dealkylation sites (N-methyl/N-ethyl adjacent to an activating group) is 1. The number of amides is 1. The summed E-state index contributed by atoms with van der Waals surface area (Å²) in [6.07, 6.45) is 1.73. The minimum Gasteiger partial charge on any atom is -0.493 e. The molecule has 1 unspecified atom stereocenters. The summed E-state index contributed by atoms with van der Waals surface area (Å²) >= 11 is 0. The van der Waals surface area contributed by atoms with Crippen LogP contribution in [0.5, 0.6) is 11.5 Å². The number of benzene rings is 1. The number of nitrogens with zero attached hydrogens (tertiary/aromatic N) is 1. The first-order valence-corrected chi connectivity index (χ1v) is 8.14. The van der Waals surface area contributed by atoms with Gasteiger partial charge in [-0.3, -0.25) is 4.79 Å². The van der Waals surface area contributed by atoms with Gasteiger partial charge in [0.05, 0.1) is 20.3 Å². The van der Waals surface area contributed by atoms with Crippen LogP contribution in [0.25, 0.3) is 0 Å². The summed E-state index contributed by atoms with van der Waals surface area (Å²) in [5.41, 5.74) is 1.08. The van der Waals surface area contributed by atoms with Crippen LogP contribution in [0.3, 0.4) is 0 Å². The van der Waals surface area contributed by atoms with Crippen molar-refractivity contribution in [3.8, 4) is 11.5 Å². The number of methoxy groups -OCH3 is 2. The second kappa shape index (κ2) is 9.40. The van der Waals surface area contributed by atoms with Crippen molar-refractivity contribution in [2.24, 2.45) is 5.92 Å². The first-order valence-electron chi connectivity index (χ1n) is 8.14.